The molecule has 28 heavy (non-hydrogen) atoms. The maximum Gasteiger partial charge on any atom is 0.255 e. The number of unbranched alkanes of at least 4 members (excludes halogenated alkanes) is 1. The van der Waals surface area contributed by atoms with Gasteiger partial charge in [0.15, 0.2) is 0 Å². The minimum absolute atomic E-state index is 0.0495. The molecule has 2 aromatic rings. The van der Waals surface area contributed by atoms with Gasteiger partial charge in [0.2, 0.25) is 5.91 Å². The number of benzene rings is 1. The molecule has 2 N–H and O–H groups in total. The molecule has 0 bridgehead atoms. The third-order valence-corrected chi connectivity index (χ3v) is 4.80. The van der Waals surface area contributed by atoms with Crippen molar-refractivity contribution in [3.05, 3.63) is 42.2 Å². The molecule has 150 valence electrons. The minimum Gasteiger partial charge on any atom is -0.494 e. The molecule has 0 aliphatic heterocycles. The molecular weight excluding hydrogens is 356 g/mol. The third-order valence-electron chi connectivity index (χ3n) is 4.80. The fraction of sp³-hybridized carbons (Fsp3) is 0.476. The van der Waals surface area contributed by atoms with E-state index in [-0.39, 0.29) is 24.4 Å². The van der Waals surface area contributed by atoms with Crippen molar-refractivity contribution >= 4 is 17.5 Å². The van der Waals surface area contributed by atoms with E-state index < -0.39 is 0 Å². The monoisotopic (exact) mass is 384 g/mol. The number of nitrogens with zero attached hydrogens (tertiary/aromatic N) is 2. The van der Waals surface area contributed by atoms with Crippen LogP contribution in [0.4, 0.5) is 5.69 Å². The van der Waals surface area contributed by atoms with Gasteiger partial charge in [-0.15, -0.1) is 0 Å². The zero-order valence-electron chi connectivity index (χ0n) is 16.3. The average molecular weight is 384 g/mol. The van der Waals surface area contributed by atoms with Crippen LogP contribution in [0.3, 0.4) is 0 Å². The lowest BCUT2D eigenvalue weighted by Gasteiger charge is -2.11. The lowest BCUT2D eigenvalue weighted by Crippen LogP contribution is -2.35. The molecule has 0 unspecified atom stereocenters. The Balaban J connectivity index is 1.48. The van der Waals surface area contributed by atoms with E-state index in [1.165, 1.54) is 17.5 Å². The van der Waals surface area contributed by atoms with Crippen LogP contribution in [0.25, 0.3) is 0 Å². The highest BCUT2D eigenvalue weighted by atomic mass is 16.5. The van der Waals surface area contributed by atoms with Crippen LogP contribution in [-0.4, -0.2) is 34.2 Å². The van der Waals surface area contributed by atoms with Gasteiger partial charge in [0, 0.05) is 17.8 Å². The second kappa shape index (κ2) is 9.92. The van der Waals surface area contributed by atoms with Gasteiger partial charge in [-0.1, -0.05) is 26.2 Å². The van der Waals surface area contributed by atoms with Crippen LogP contribution in [-0.2, 0) is 11.3 Å². The van der Waals surface area contributed by atoms with Crippen molar-refractivity contribution in [3.8, 4) is 5.75 Å². The van der Waals surface area contributed by atoms with E-state index in [0.717, 1.165) is 31.4 Å². The molecule has 2 amide bonds. The molecule has 1 fully saturated rings. The van der Waals surface area contributed by atoms with E-state index in [4.69, 9.17) is 4.74 Å². The van der Waals surface area contributed by atoms with Crippen LogP contribution >= 0.6 is 0 Å². The van der Waals surface area contributed by atoms with Gasteiger partial charge in [-0.3, -0.25) is 14.3 Å². The van der Waals surface area contributed by atoms with Gasteiger partial charge in [0.05, 0.1) is 18.5 Å². The number of ether oxygens (including phenoxy) is 1. The first-order valence-corrected chi connectivity index (χ1v) is 10.00. The summed E-state index contributed by atoms with van der Waals surface area (Å²) in [6, 6.07) is 7.34. The molecule has 7 heteroatoms. The summed E-state index contributed by atoms with van der Waals surface area (Å²) in [4.78, 5) is 24.5. The summed E-state index contributed by atoms with van der Waals surface area (Å²) in [5, 5.41) is 9.98. The number of carbonyl (C=O) groups excluding carboxylic acids is 2. The number of carbonyl (C=O) groups is 2. The molecule has 1 aliphatic rings. The van der Waals surface area contributed by atoms with Crippen LogP contribution in [0.1, 0.15) is 55.8 Å². The molecule has 1 aliphatic carbocycles. The second-order valence-electron chi connectivity index (χ2n) is 7.16. The molecule has 1 aromatic heterocycles. The summed E-state index contributed by atoms with van der Waals surface area (Å²) in [7, 11) is 0. The Morgan fingerprint density at radius 2 is 1.96 bits per heavy atom. The molecule has 0 spiro atoms. The van der Waals surface area contributed by atoms with Gasteiger partial charge in [-0.2, -0.15) is 5.10 Å². The van der Waals surface area contributed by atoms with Crippen LogP contribution in [0, 0.1) is 0 Å². The number of amides is 2. The van der Waals surface area contributed by atoms with Gasteiger partial charge in [0.1, 0.15) is 12.3 Å². The SMILES string of the molecule is CCCCOc1ccc(C(=O)Nc2cnn(CC(=O)NC3CCCC3)c2)cc1. The summed E-state index contributed by atoms with van der Waals surface area (Å²) in [6.45, 7) is 2.94. The maximum atomic E-state index is 12.4. The lowest BCUT2D eigenvalue weighted by molar-refractivity contribution is -0.122. The summed E-state index contributed by atoms with van der Waals surface area (Å²) in [5.41, 5.74) is 1.09. The van der Waals surface area contributed by atoms with E-state index in [0.29, 0.717) is 17.9 Å². The summed E-state index contributed by atoms with van der Waals surface area (Å²) < 4.78 is 7.14. The normalized spacial score (nSPS) is 14.0. The van der Waals surface area contributed by atoms with E-state index >= 15 is 0 Å². The number of anilines is 1. The number of rotatable bonds is 9. The molecular formula is C21H28N4O3. The van der Waals surface area contributed by atoms with E-state index in [2.05, 4.69) is 22.7 Å². The van der Waals surface area contributed by atoms with Crippen LogP contribution < -0.4 is 15.4 Å². The largest absolute Gasteiger partial charge is 0.494 e. The van der Waals surface area contributed by atoms with E-state index in [1.807, 2.05) is 0 Å². The summed E-state index contributed by atoms with van der Waals surface area (Å²) in [5.74, 6) is 0.479. The topological polar surface area (TPSA) is 85.2 Å². The number of aromatic nitrogens is 2. The highest BCUT2D eigenvalue weighted by molar-refractivity contribution is 6.04. The zero-order chi connectivity index (χ0) is 19.8. The van der Waals surface area contributed by atoms with E-state index in [1.54, 1.807) is 36.7 Å². The van der Waals surface area contributed by atoms with Crippen molar-refractivity contribution in [1.29, 1.82) is 0 Å². The molecule has 0 atom stereocenters. The van der Waals surface area contributed by atoms with Gasteiger partial charge >= 0.3 is 0 Å². The smallest absolute Gasteiger partial charge is 0.255 e. The quantitative estimate of drug-likeness (QED) is 0.649. The second-order valence-corrected chi connectivity index (χ2v) is 7.16. The number of hydrogen-bond acceptors (Lipinski definition) is 4. The Hall–Kier alpha value is -2.83. The van der Waals surface area contributed by atoms with Gasteiger partial charge in [-0.25, -0.2) is 0 Å². The van der Waals surface area contributed by atoms with Crippen LogP contribution in [0.5, 0.6) is 5.75 Å². The fourth-order valence-electron chi connectivity index (χ4n) is 3.25. The molecule has 7 nitrogen and oxygen atoms in total. The Kier molecular flexibility index (Phi) is 7.06. The lowest BCUT2D eigenvalue weighted by atomic mass is 10.2. The zero-order valence-corrected chi connectivity index (χ0v) is 16.3. The van der Waals surface area contributed by atoms with E-state index in [9.17, 15) is 9.59 Å². The predicted molar refractivity (Wildman–Crippen MR) is 107 cm³/mol. The molecule has 0 radical (unpaired) electrons. The Morgan fingerprint density at radius 3 is 2.68 bits per heavy atom. The van der Waals surface area contributed by atoms with Crippen molar-refractivity contribution in [3.63, 3.8) is 0 Å². The first-order chi connectivity index (χ1) is 13.6. The molecule has 3 rings (SSSR count). The van der Waals surface area contributed by atoms with Crippen LogP contribution in [0.15, 0.2) is 36.7 Å². The number of hydrogen-bond donors (Lipinski definition) is 2. The van der Waals surface area contributed by atoms with Crippen molar-refractivity contribution < 1.29 is 14.3 Å². The highest BCUT2D eigenvalue weighted by Gasteiger charge is 2.17. The first kappa shape index (κ1) is 19.9. The third kappa shape index (κ3) is 5.84. The standard InChI is InChI=1S/C21H28N4O3/c1-2-3-12-28-19-10-8-16(9-11-19)21(27)24-18-13-22-25(14-18)15-20(26)23-17-6-4-5-7-17/h8-11,13-14,17H,2-7,12,15H2,1H3,(H,23,26)(H,24,27). The Bertz CT molecular complexity index is 779. The van der Waals surface area contributed by atoms with Crippen molar-refractivity contribution in [2.75, 3.05) is 11.9 Å². The average Bonchev–Trinajstić information content (AvgIpc) is 3.34. The number of nitrogens with one attached hydrogen (secondary N) is 2. The molecule has 1 heterocycles. The Morgan fingerprint density at radius 1 is 1.21 bits per heavy atom. The van der Waals surface area contributed by atoms with Crippen molar-refractivity contribution in [2.24, 2.45) is 0 Å². The molecule has 1 saturated carbocycles. The first-order valence-electron chi connectivity index (χ1n) is 10.00. The fourth-order valence-corrected chi connectivity index (χ4v) is 3.25. The summed E-state index contributed by atoms with van der Waals surface area (Å²) in [6.07, 6.45) is 9.74. The van der Waals surface area contributed by atoms with Crippen molar-refractivity contribution in [1.82, 2.24) is 15.1 Å². The predicted octanol–water partition coefficient (Wildman–Crippen LogP) is 3.37. The minimum atomic E-state index is -0.227. The maximum absolute atomic E-state index is 12.4. The highest BCUT2D eigenvalue weighted by Crippen LogP contribution is 2.18. The Labute approximate surface area is 165 Å². The van der Waals surface area contributed by atoms with Crippen LogP contribution in [0.2, 0.25) is 0 Å². The van der Waals surface area contributed by atoms with Gasteiger partial charge in [0.25, 0.3) is 5.91 Å². The molecule has 0 saturated heterocycles. The van der Waals surface area contributed by atoms with Crippen molar-refractivity contribution in [2.45, 2.75) is 58.0 Å². The molecule has 1 aromatic carbocycles. The van der Waals surface area contributed by atoms with Gasteiger partial charge < -0.3 is 15.4 Å². The van der Waals surface area contributed by atoms with Gasteiger partial charge in [-0.05, 0) is 43.5 Å². The summed E-state index contributed by atoms with van der Waals surface area (Å²) >= 11 is 0.